The summed E-state index contributed by atoms with van der Waals surface area (Å²) >= 11 is 0. The lowest BCUT2D eigenvalue weighted by atomic mass is 10.0. The van der Waals surface area contributed by atoms with Crippen LogP contribution in [0.3, 0.4) is 0 Å². The molecule has 3 aromatic rings. The number of fused-ring (bicyclic) bond motifs is 2. The first-order chi connectivity index (χ1) is 12.9. The van der Waals surface area contributed by atoms with Crippen LogP contribution in [0.4, 0.5) is 5.69 Å². The summed E-state index contributed by atoms with van der Waals surface area (Å²) in [6.07, 6.45) is 3.09. The van der Waals surface area contributed by atoms with Crippen LogP contribution in [0.1, 0.15) is 34.2 Å². The van der Waals surface area contributed by atoms with Crippen LogP contribution < -0.4 is 10.4 Å². The normalized spacial score (nSPS) is 13.0. The summed E-state index contributed by atoms with van der Waals surface area (Å²) in [7, 11) is 0. The van der Waals surface area contributed by atoms with Crippen molar-refractivity contribution < 1.29 is 14.1 Å². The van der Waals surface area contributed by atoms with Gasteiger partial charge >= 0.3 is 11.3 Å². The van der Waals surface area contributed by atoms with Gasteiger partial charge in [0.2, 0.25) is 0 Å². The largest absolute Gasteiger partial charge is 0.482 e. The second-order valence-corrected chi connectivity index (χ2v) is 7.04. The molecule has 0 unspecified atom stereocenters. The molecule has 0 saturated carbocycles. The highest BCUT2D eigenvalue weighted by Gasteiger charge is 2.20. The van der Waals surface area contributed by atoms with E-state index in [9.17, 15) is 14.9 Å². The highest BCUT2D eigenvalue weighted by molar-refractivity contribution is 5.82. The zero-order chi connectivity index (χ0) is 19.1. The Morgan fingerprint density at radius 2 is 1.85 bits per heavy atom. The van der Waals surface area contributed by atoms with E-state index in [4.69, 9.17) is 9.15 Å². The van der Waals surface area contributed by atoms with Gasteiger partial charge < -0.3 is 9.15 Å². The van der Waals surface area contributed by atoms with Gasteiger partial charge in [-0.2, -0.15) is 0 Å². The summed E-state index contributed by atoms with van der Waals surface area (Å²) in [6.45, 7) is 3.64. The maximum absolute atomic E-state index is 12.0. The highest BCUT2D eigenvalue weighted by Crippen LogP contribution is 2.34. The Bertz CT molecular complexity index is 1130. The maximum Gasteiger partial charge on any atom is 0.336 e. The molecule has 0 bridgehead atoms. The predicted octanol–water partition coefficient (Wildman–Crippen LogP) is 4.39. The lowest BCUT2D eigenvalue weighted by Crippen LogP contribution is -2.06. The van der Waals surface area contributed by atoms with Crippen molar-refractivity contribution in [2.24, 2.45) is 0 Å². The molecule has 0 N–H and O–H groups in total. The Labute approximate surface area is 155 Å². The number of nitrogens with zero attached hydrogens (tertiary/aromatic N) is 1. The first kappa shape index (κ1) is 17.3. The molecule has 0 aliphatic heterocycles. The zero-order valence-electron chi connectivity index (χ0n) is 15.2. The van der Waals surface area contributed by atoms with Gasteiger partial charge in [-0.1, -0.05) is 6.07 Å². The van der Waals surface area contributed by atoms with Crippen LogP contribution in [0.2, 0.25) is 0 Å². The van der Waals surface area contributed by atoms with Crippen molar-refractivity contribution in [3.63, 3.8) is 0 Å². The monoisotopic (exact) mass is 365 g/mol. The zero-order valence-corrected chi connectivity index (χ0v) is 15.2. The molecule has 1 heterocycles. The SMILES string of the molecule is Cc1cc(C)c(OCc2cc(=O)oc3cc4c(cc23)CCC4)c([N+](=O)[O-])c1. The number of rotatable bonds is 4. The first-order valence-corrected chi connectivity index (χ1v) is 8.89. The Morgan fingerprint density at radius 3 is 2.59 bits per heavy atom. The van der Waals surface area contributed by atoms with E-state index in [0.717, 1.165) is 30.2 Å². The Balaban J connectivity index is 1.75. The summed E-state index contributed by atoms with van der Waals surface area (Å²) in [6, 6.07) is 8.72. The molecule has 1 aromatic heterocycles. The lowest BCUT2D eigenvalue weighted by molar-refractivity contribution is -0.386. The number of hydrogen-bond donors (Lipinski definition) is 0. The average Bonchev–Trinajstić information content (AvgIpc) is 3.05. The molecule has 0 amide bonds. The third-order valence-electron chi connectivity index (χ3n) is 5.01. The molecular formula is C21H19NO5. The van der Waals surface area contributed by atoms with E-state index in [1.54, 1.807) is 13.8 Å². The molecule has 6 heteroatoms. The topological polar surface area (TPSA) is 82.6 Å². The summed E-state index contributed by atoms with van der Waals surface area (Å²) in [4.78, 5) is 22.9. The van der Waals surface area contributed by atoms with Crippen molar-refractivity contribution in [3.05, 3.63) is 78.7 Å². The summed E-state index contributed by atoms with van der Waals surface area (Å²) in [5.74, 6) is 0.230. The van der Waals surface area contributed by atoms with Gasteiger partial charge in [-0.3, -0.25) is 10.1 Å². The van der Waals surface area contributed by atoms with Gasteiger partial charge in [0.25, 0.3) is 0 Å². The molecule has 138 valence electrons. The smallest absolute Gasteiger partial charge is 0.336 e. The van der Waals surface area contributed by atoms with Crippen LogP contribution >= 0.6 is 0 Å². The summed E-state index contributed by atoms with van der Waals surface area (Å²) < 4.78 is 11.2. The molecule has 0 radical (unpaired) electrons. The summed E-state index contributed by atoms with van der Waals surface area (Å²) in [5.41, 5.74) is 4.66. The van der Waals surface area contributed by atoms with E-state index in [0.29, 0.717) is 16.7 Å². The molecular weight excluding hydrogens is 346 g/mol. The van der Waals surface area contributed by atoms with Gasteiger partial charge in [0.15, 0.2) is 5.75 Å². The molecule has 0 saturated heterocycles. The van der Waals surface area contributed by atoms with Gasteiger partial charge in [0.1, 0.15) is 12.2 Å². The van der Waals surface area contributed by atoms with Gasteiger partial charge in [-0.25, -0.2) is 4.79 Å². The molecule has 27 heavy (non-hydrogen) atoms. The highest BCUT2D eigenvalue weighted by atomic mass is 16.6. The van der Waals surface area contributed by atoms with Crippen LogP contribution in [0.25, 0.3) is 11.0 Å². The Kier molecular flexibility index (Phi) is 4.18. The quantitative estimate of drug-likeness (QED) is 0.389. The van der Waals surface area contributed by atoms with Crippen molar-refractivity contribution in [2.45, 2.75) is 39.7 Å². The number of hydrogen-bond acceptors (Lipinski definition) is 5. The third-order valence-corrected chi connectivity index (χ3v) is 5.01. The third kappa shape index (κ3) is 3.18. The number of ether oxygens (including phenoxy) is 1. The molecule has 0 spiro atoms. The molecule has 1 aliphatic carbocycles. The second kappa shape index (κ2) is 6.54. The van der Waals surface area contributed by atoms with Crippen LogP contribution in [-0.2, 0) is 19.4 Å². The van der Waals surface area contributed by atoms with Crippen LogP contribution in [0.5, 0.6) is 5.75 Å². The van der Waals surface area contributed by atoms with Gasteiger partial charge in [0, 0.05) is 23.1 Å². The minimum atomic E-state index is -0.450. The molecule has 4 rings (SSSR count). The van der Waals surface area contributed by atoms with E-state index < -0.39 is 10.5 Å². The minimum absolute atomic E-state index is 0.0611. The summed E-state index contributed by atoms with van der Waals surface area (Å²) in [5, 5.41) is 12.2. The van der Waals surface area contributed by atoms with Crippen molar-refractivity contribution in [3.8, 4) is 5.75 Å². The van der Waals surface area contributed by atoms with Crippen molar-refractivity contribution in [2.75, 3.05) is 0 Å². The van der Waals surface area contributed by atoms with Crippen LogP contribution in [0.15, 0.2) is 39.5 Å². The lowest BCUT2D eigenvalue weighted by Gasteiger charge is -2.12. The van der Waals surface area contributed by atoms with Crippen LogP contribution in [0, 0.1) is 24.0 Å². The number of aryl methyl sites for hydroxylation is 4. The number of nitro benzene ring substituents is 1. The predicted molar refractivity (Wildman–Crippen MR) is 101 cm³/mol. The minimum Gasteiger partial charge on any atom is -0.482 e. The fourth-order valence-electron chi connectivity index (χ4n) is 3.82. The van der Waals surface area contributed by atoms with E-state index in [1.807, 2.05) is 12.1 Å². The maximum atomic E-state index is 12.0. The fraction of sp³-hybridized carbons (Fsp3) is 0.286. The van der Waals surface area contributed by atoms with Gasteiger partial charge in [-0.05, 0) is 67.5 Å². The van der Waals surface area contributed by atoms with Crippen LogP contribution in [-0.4, -0.2) is 4.92 Å². The standard InChI is InChI=1S/C21H19NO5/c1-12-6-13(2)21(18(7-12)22(24)25)26-11-16-10-20(23)27-19-9-15-5-3-4-14(15)8-17(16)19/h6-10H,3-5,11H2,1-2H3. The van der Waals surface area contributed by atoms with Crippen molar-refractivity contribution in [1.29, 1.82) is 0 Å². The van der Waals surface area contributed by atoms with Crippen molar-refractivity contribution >= 4 is 16.7 Å². The van der Waals surface area contributed by atoms with E-state index in [1.165, 1.54) is 23.3 Å². The number of nitro groups is 1. The van der Waals surface area contributed by atoms with E-state index >= 15 is 0 Å². The average molecular weight is 365 g/mol. The second-order valence-electron chi connectivity index (χ2n) is 7.04. The Morgan fingerprint density at radius 1 is 1.11 bits per heavy atom. The molecule has 0 atom stereocenters. The first-order valence-electron chi connectivity index (χ1n) is 8.89. The van der Waals surface area contributed by atoms with Gasteiger partial charge in [0.05, 0.1) is 4.92 Å². The molecule has 0 fully saturated rings. The number of benzene rings is 2. The fourth-order valence-corrected chi connectivity index (χ4v) is 3.82. The van der Waals surface area contributed by atoms with E-state index in [2.05, 4.69) is 6.07 Å². The van der Waals surface area contributed by atoms with E-state index in [-0.39, 0.29) is 18.0 Å². The van der Waals surface area contributed by atoms with Gasteiger partial charge in [-0.15, -0.1) is 0 Å². The molecule has 6 nitrogen and oxygen atoms in total. The molecule has 2 aromatic carbocycles. The molecule has 1 aliphatic rings. The van der Waals surface area contributed by atoms with Crippen molar-refractivity contribution in [1.82, 2.24) is 0 Å². The Hall–Kier alpha value is -3.15.